The van der Waals surface area contributed by atoms with Crippen molar-refractivity contribution in [2.75, 3.05) is 0 Å². The summed E-state index contributed by atoms with van der Waals surface area (Å²) in [6, 6.07) is 4.67. The molecule has 0 aromatic heterocycles. The summed E-state index contributed by atoms with van der Waals surface area (Å²) in [6.07, 6.45) is 4.91. The molecule has 0 aliphatic heterocycles. The van der Waals surface area contributed by atoms with Crippen molar-refractivity contribution < 1.29 is 4.92 Å². The summed E-state index contributed by atoms with van der Waals surface area (Å²) < 4.78 is 0. The Morgan fingerprint density at radius 2 is 1.94 bits per heavy atom. The van der Waals surface area contributed by atoms with E-state index in [1.54, 1.807) is 12.1 Å². The average molecular weight is 284 g/mol. The first-order valence-electron chi connectivity index (χ1n) is 5.84. The summed E-state index contributed by atoms with van der Waals surface area (Å²) in [7, 11) is 0. The predicted molar refractivity (Wildman–Crippen MR) is 70.7 cm³/mol. The van der Waals surface area contributed by atoms with Gasteiger partial charge in [-0.1, -0.05) is 41.4 Å². The molecule has 5 heteroatoms. The monoisotopic (exact) mass is 283 g/mol. The van der Waals surface area contributed by atoms with Crippen molar-refractivity contribution >= 4 is 23.2 Å². The van der Waals surface area contributed by atoms with Crippen molar-refractivity contribution in [2.45, 2.75) is 18.4 Å². The van der Waals surface area contributed by atoms with Crippen LogP contribution in [-0.4, -0.2) is 11.0 Å². The van der Waals surface area contributed by atoms with Crippen LogP contribution in [-0.2, 0) is 0 Å². The highest BCUT2D eigenvalue weighted by atomic mass is 35.5. The molecule has 1 fully saturated rings. The lowest BCUT2D eigenvalue weighted by Gasteiger charge is -2.23. The molecular weight excluding hydrogens is 273 g/mol. The van der Waals surface area contributed by atoms with Crippen LogP contribution in [0.1, 0.15) is 17.9 Å². The van der Waals surface area contributed by atoms with Gasteiger partial charge in [-0.15, -0.1) is 0 Å². The molecule has 0 unspecified atom stereocenters. The van der Waals surface area contributed by atoms with Crippen molar-refractivity contribution in [1.29, 1.82) is 0 Å². The van der Waals surface area contributed by atoms with Crippen molar-refractivity contribution in [3.63, 3.8) is 0 Å². The summed E-state index contributed by atoms with van der Waals surface area (Å²) in [5.74, 6) is 0.144. The Labute approximate surface area is 115 Å². The van der Waals surface area contributed by atoms with Gasteiger partial charge in [-0.3, -0.25) is 10.1 Å². The second-order valence-electron chi connectivity index (χ2n) is 4.92. The maximum Gasteiger partial charge on any atom is 0.226 e. The molecule has 4 atom stereocenters. The van der Waals surface area contributed by atoms with Crippen molar-refractivity contribution in [1.82, 2.24) is 0 Å². The minimum Gasteiger partial charge on any atom is -0.264 e. The standard InChI is InChI=1S/C13H11Cl2NO2/c14-9-3-4-10(11(15)6-9)12-7-1-2-8(5-7)13(12)16(17)18/h1-4,6-8,12-13H,5H2/t7-,8+,12-,13+/m1/s1. The van der Waals surface area contributed by atoms with Crippen LogP contribution in [0, 0.1) is 22.0 Å². The van der Waals surface area contributed by atoms with Gasteiger partial charge in [0.1, 0.15) is 0 Å². The van der Waals surface area contributed by atoms with E-state index in [0.29, 0.717) is 10.0 Å². The molecule has 1 saturated carbocycles. The maximum atomic E-state index is 11.3. The van der Waals surface area contributed by atoms with Crippen molar-refractivity contribution in [3.05, 3.63) is 56.1 Å². The van der Waals surface area contributed by atoms with Crippen LogP contribution in [0.5, 0.6) is 0 Å². The molecule has 0 amide bonds. The van der Waals surface area contributed by atoms with Gasteiger partial charge in [0.25, 0.3) is 0 Å². The molecule has 1 aromatic carbocycles. The van der Waals surface area contributed by atoms with Gasteiger partial charge < -0.3 is 0 Å². The summed E-state index contributed by atoms with van der Waals surface area (Å²) in [5, 5.41) is 12.3. The highest BCUT2D eigenvalue weighted by Gasteiger charge is 2.52. The largest absolute Gasteiger partial charge is 0.264 e. The van der Waals surface area contributed by atoms with E-state index < -0.39 is 6.04 Å². The number of halogens is 2. The lowest BCUT2D eigenvalue weighted by atomic mass is 9.83. The number of hydrogen-bond donors (Lipinski definition) is 0. The van der Waals surface area contributed by atoms with Gasteiger partial charge in [-0.2, -0.15) is 0 Å². The molecule has 0 radical (unpaired) electrons. The third kappa shape index (κ3) is 1.73. The van der Waals surface area contributed by atoms with E-state index in [2.05, 4.69) is 6.08 Å². The Morgan fingerprint density at radius 1 is 1.22 bits per heavy atom. The molecule has 2 bridgehead atoms. The molecule has 2 aliphatic carbocycles. The average Bonchev–Trinajstić information content (AvgIpc) is 2.88. The summed E-state index contributed by atoms with van der Waals surface area (Å²) in [4.78, 5) is 11.1. The minimum atomic E-state index is -0.557. The fraction of sp³-hybridized carbons (Fsp3) is 0.385. The number of nitrogens with zero attached hydrogens (tertiary/aromatic N) is 1. The zero-order valence-electron chi connectivity index (χ0n) is 9.42. The molecule has 94 valence electrons. The van der Waals surface area contributed by atoms with Gasteiger partial charge in [-0.25, -0.2) is 0 Å². The van der Waals surface area contributed by atoms with Crippen LogP contribution in [0.15, 0.2) is 30.4 Å². The number of fused-ring (bicyclic) bond motifs is 2. The smallest absolute Gasteiger partial charge is 0.226 e. The number of benzene rings is 1. The highest BCUT2D eigenvalue weighted by Crippen LogP contribution is 2.51. The van der Waals surface area contributed by atoms with Gasteiger partial charge in [0.15, 0.2) is 0 Å². The highest BCUT2D eigenvalue weighted by molar-refractivity contribution is 6.35. The summed E-state index contributed by atoms with van der Waals surface area (Å²) in [6.45, 7) is 0. The van der Waals surface area contributed by atoms with Crippen LogP contribution in [0.25, 0.3) is 0 Å². The van der Waals surface area contributed by atoms with E-state index >= 15 is 0 Å². The van der Waals surface area contributed by atoms with E-state index in [4.69, 9.17) is 23.2 Å². The third-order valence-corrected chi connectivity index (χ3v) is 4.55. The molecule has 0 heterocycles. The van der Waals surface area contributed by atoms with Gasteiger partial charge >= 0.3 is 0 Å². The van der Waals surface area contributed by atoms with Crippen LogP contribution in [0.2, 0.25) is 10.0 Å². The van der Waals surface area contributed by atoms with Crippen LogP contribution >= 0.6 is 23.2 Å². The van der Waals surface area contributed by atoms with E-state index in [9.17, 15) is 10.1 Å². The van der Waals surface area contributed by atoms with Crippen LogP contribution in [0.3, 0.4) is 0 Å². The first-order valence-corrected chi connectivity index (χ1v) is 6.60. The zero-order chi connectivity index (χ0) is 12.9. The van der Waals surface area contributed by atoms with E-state index in [1.807, 2.05) is 12.1 Å². The van der Waals surface area contributed by atoms with Gasteiger partial charge in [0.2, 0.25) is 6.04 Å². The number of nitro groups is 1. The predicted octanol–water partition coefficient (Wildman–Crippen LogP) is 3.93. The van der Waals surface area contributed by atoms with Crippen molar-refractivity contribution in [2.24, 2.45) is 11.8 Å². The number of allylic oxidation sites excluding steroid dienone is 1. The Bertz CT molecular complexity index is 544. The second kappa shape index (κ2) is 4.25. The first-order chi connectivity index (χ1) is 8.58. The topological polar surface area (TPSA) is 43.1 Å². The first kappa shape index (κ1) is 12.0. The fourth-order valence-electron chi connectivity index (χ4n) is 3.27. The number of hydrogen-bond acceptors (Lipinski definition) is 2. The van der Waals surface area contributed by atoms with Gasteiger partial charge in [-0.05, 0) is 30.0 Å². The van der Waals surface area contributed by atoms with Crippen molar-refractivity contribution in [3.8, 4) is 0 Å². The quantitative estimate of drug-likeness (QED) is 0.469. The van der Waals surface area contributed by atoms with Crippen LogP contribution < -0.4 is 0 Å². The summed E-state index contributed by atoms with van der Waals surface area (Å²) in [5.41, 5.74) is 0.847. The second-order valence-corrected chi connectivity index (χ2v) is 5.76. The number of rotatable bonds is 2. The van der Waals surface area contributed by atoms with Crippen LogP contribution in [0.4, 0.5) is 0 Å². The maximum absolute atomic E-state index is 11.3. The lowest BCUT2D eigenvalue weighted by Crippen LogP contribution is -2.31. The molecule has 3 nitrogen and oxygen atoms in total. The SMILES string of the molecule is O=[N+]([O-])[C@@H]1[C@@H](c2ccc(Cl)cc2Cl)[C@@H]2C=C[C@H]1C2. The van der Waals surface area contributed by atoms with Gasteiger partial charge in [0, 0.05) is 20.9 Å². The molecule has 2 aliphatic rings. The van der Waals surface area contributed by atoms with Gasteiger partial charge in [0.05, 0.1) is 5.92 Å². The van der Waals surface area contributed by atoms with E-state index in [-0.39, 0.29) is 22.7 Å². The normalized spacial score (nSPS) is 33.0. The minimum absolute atomic E-state index is 0.0433. The molecule has 1 aromatic rings. The Hall–Kier alpha value is -1.06. The van der Waals surface area contributed by atoms with E-state index in [1.165, 1.54) is 0 Å². The molecule has 0 saturated heterocycles. The third-order valence-electron chi connectivity index (χ3n) is 3.98. The Balaban J connectivity index is 2.05. The fourth-order valence-corrected chi connectivity index (χ4v) is 3.80. The molecular formula is C13H11Cl2NO2. The Kier molecular flexibility index (Phi) is 2.83. The summed E-state index contributed by atoms with van der Waals surface area (Å²) >= 11 is 12.1. The van der Waals surface area contributed by atoms with E-state index in [0.717, 1.165) is 12.0 Å². The molecule has 0 spiro atoms. The molecule has 3 rings (SSSR count). The zero-order valence-corrected chi connectivity index (χ0v) is 10.9. The Morgan fingerprint density at radius 3 is 2.61 bits per heavy atom. The molecule has 0 N–H and O–H groups in total. The lowest BCUT2D eigenvalue weighted by molar-refractivity contribution is -0.530. The molecule has 18 heavy (non-hydrogen) atoms.